The zero-order chi connectivity index (χ0) is 21.6. The van der Waals surface area contributed by atoms with E-state index in [9.17, 15) is 4.79 Å². The van der Waals surface area contributed by atoms with Gasteiger partial charge < -0.3 is 19.1 Å². The van der Waals surface area contributed by atoms with Gasteiger partial charge in [-0.1, -0.05) is 30.3 Å². The van der Waals surface area contributed by atoms with E-state index < -0.39 is 5.60 Å². The molecule has 0 aromatic heterocycles. The Hall–Kier alpha value is -2.69. The first kappa shape index (κ1) is 22.0. The molecule has 5 heteroatoms. The van der Waals surface area contributed by atoms with Crippen LogP contribution in [0.25, 0.3) is 0 Å². The van der Waals surface area contributed by atoms with Crippen molar-refractivity contribution in [1.82, 2.24) is 4.90 Å². The van der Waals surface area contributed by atoms with Crippen LogP contribution in [0.3, 0.4) is 0 Å². The smallest absolute Gasteiger partial charge is 0.410 e. The Kier molecular flexibility index (Phi) is 7.24. The van der Waals surface area contributed by atoms with Gasteiger partial charge in [-0.2, -0.15) is 0 Å². The van der Waals surface area contributed by atoms with Crippen molar-refractivity contribution < 1.29 is 19.0 Å². The average Bonchev–Trinajstić information content (AvgIpc) is 2.72. The third-order valence-corrected chi connectivity index (χ3v) is 5.11. The lowest BCUT2D eigenvalue weighted by Crippen LogP contribution is -2.46. The highest BCUT2D eigenvalue weighted by atomic mass is 16.6. The van der Waals surface area contributed by atoms with Crippen molar-refractivity contribution in [3.05, 3.63) is 59.7 Å². The first-order valence-electron chi connectivity index (χ1n) is 10.7. The fourth-order valence-corrected chi connectivity index (χ4v) is 3.64. The van der Waals surface area contributed by atoms with Gasteiger partial charge >= 0.3 is 6.09 Å². The molecule has 1 amide bonds. The van der Waals surface area contributed by atoms with Crippen molar-refractivity contribution in [1.29, 1.82) is 0 Å². The number of carbonyl (C=O) groups excluding carboxylic acids is 1. The van der Waals surface area contributed by atoms with E-state index >= 15 is 0 Å². The predicted octanol–water partition coefficient (Wildman–Crippen LogP) is 5.26. The highest BCUT2D eigenvalue weighted by Gasteiger charge is 2.28. The number of ether oxygens (including phenoxy) is 3. The number of para-hydroxylation sites is 1. The maximum Gasteiger partial charge on any atom is 0.410 e. The summed E-state index contributed by atoms with van der Waals surface area (Å²) in [4.78, 5) is 14.2. The minimum Gasteiger partial charge on any atom is -0.497 e. The van der Waals surface area contributed by atoms with Crippen molar-refractivity contribution in [3.8, 4) is 11.5 Å². The predicted molar refractivity (Wildman–Crippen MR) is 118 cm³/mol. The fraction of sp³-hybridized carbons (Fsp3) is 0.480. The van der Waals surface area contributed by atoms with Crippen LogP contribution in [0, 0.1) is 0 Å². The Balaban J connectivity index is 1.62. The summed E-state index contributed by atoms with van der Waals surface area (Å²) in [5.74, 6) is 1.78. The van der Waals surface area contributed by atoms with Gasteiger partial charge in [0.25, 0.3) is 0 Å². The van der Waals surface area contributed by atoms with E-state index in [0.29, 0.717) is 13.1 Å². The van der Waals surface area contributed by atoms with Gasteiger partial charge in [-0.3, -0.25) is 0 Å². The SMILES string of the molecule is COc1cccc(CCc2ccccc2OC2CCCN(C(=O)OC(C)(C)C)C2)c1. The van der Waals surface area contributed by atoms with Crippen LogP contribution >= 0.6 is 0 Å². The molecule has 1 aliphatic heterocycles. The van der Waals surface area contributed by atoms with Crippen LogP contribution in [0.1, 0.15) is 44.7 Å². The molecule has 0 radical (unpaired) electrons. The number of rotatable bonds is 6. The monoisotopic (exact) mass is 411 g/mol. The lowest BCUT2D eigenvalue weighted by atomic mass is 10.0. The van der Waals surface area contributed by atoms with Crippen LogP contribution < -0.4 is 9.47 Å². The number of nitrogens with zero attached hydrogens (tertiary/aromatic N) is 1. The lowest BCUT2D eigenvalue weighted by molar-refractivity contribution is 0.00766. The molecule has 0 aliphatic carbocycles. The molecule has 2 aromatic rings. The molecule has 162 valence electrons. The highest BCUT2D eigenvalue weighted by Crippen LogP contribution is 2.25. The number of aryl methyl sites for hydroxylation is 2. The van der Waals surface area contributed by atoms with Crippen molar-refractivity contribution in [3.63, 3.8) is 0 Å². The molecule has 1 atom stereocenters. The summed E-state index contributed by atoms with van der Waals surface area (Å²) in [6.07, 6.45) is 3.35. The van der Waals surface area contributed by atoms with Gasteiger partial charge in [-0.25, -0.2) is 4.79 Å². The Morgan fingerprint density at radius 2 is 1.90 bits per heavy atom. The Labute approximate surface area is 179 Å². The second kappa shape index (κ2) is 9.88. The number of amides is 1. The number of hydrogen-bond acceptors (Lipinski definition) is 4. The molecule has 3 rings (SSSR count). The molecule has 1 fully saturated rings. The van der Waals surface area contributed by atoms with Gasteiger partial charge in [0.05, 0.1) is 13.7 Å². The van der Waals surface area contributed by atoms with Gasteiger partial charge in [-0.05, 0) is 75.8 Å². The largest absolute Gasteiger partial charge is 0.497 e. The first-order valence-corrected chi connectivity index (χ1v) is 10.7. The zero-order valence-electron chi connectivity index (χ0n) is 18.5. The molecule has 1 heterocycles. The van der Waals surface area contributed by atoms with Crippen molar-refractivity contribution in [2.24, 2.45) is 0 Å². The molecule has 1 saturated heterocycles. The average molecular weight is 412 g/mol. The number of piperidine rings is 1. The maximum atomic E-state index is 12.4. The minimum atomic E-state index is -0.488. The summed E-state index contributed by atoms with van der Waals surface area (Å²) < 4.78 is 17.2. The second-order valence-electron chi connectivity index (χ2n) is 8.77. The fourth-order valence-electron chi connectivity index (χ4n) is 3.64. The molecule has 0 saturated carbocycles. The van der Waals surface area contributed by atoms with Crippen LogP contribution in [0.5, 0.6) is 11.5 Å². The molecular weight excluding hydrogens is 378 g/mol. The van der Waals surface area contributed by atoms with Crippen molar-refractivity contribution in [2.75, 3.05) is 20.2 Å². The van der Waals surface area contributed by atoms with Crippen LogP contribution in [0.15, 0.2) is 48.5 Å². The van der Waals surface area contributed by atoms with Crippen LogP contribution in [0.2, 0.25) is 0 Å². The number of likely N-dealkylation sites (tertiary alicyclic amines) is 1. The first-order chi connectivity index (χ1) is 14.3. The van der Waals surface area contributed by atoms with Crippen molar-refractivity contribution >= 4 is 6.09 Å². The molecule has 1 aliphatic rings. The number of carbonyl (C=O) groups is 1. The molecule has 0 N–H and O–H groups in total. The third-order valence-electron chi connectivity index (χ3n) is 5.11. The van der Waals surface area contributed by atoms with Crippen molar-refractivity contribution in [2.45, 2.75) is 58.2 Å². The van der Waals surface area contributed by atoms with Gasteiger partial charge in [0.2, 0.25) is 0 Å². The molecule has 0 bridgehead atoms. The van der Waals surface area contributed by atoms with E-state index in [4.69, 9.17) is 14.2 Å². The van der Waals surface area contributed by atoms with E-state index in [0.717, 1.165) is 37.2 Å². The van der Waals surface area contributed by atoms with Gasteiger partial charge in [0.15, 0.2) is 0 Å². The van der Waals surface area contributed by atoms with E-state index in [2.05, 4.69) is 18.2 Å². The van der Waals surface area contributed by atoms with Crippen LogP contribution in [0.4, 0.5) is 4.79 Å². The van der Waals surface area contributed by atoms with E-state index in [1.807, 2.05) is 51.1 Å². The van der Waals surface area contributed by atoms with Gasteiger partial charge in [0, 0.05) is 6.54 Å². The van der Waals surface area contributed by atoms with Crippen LogP contribution in [-0.4, -0.2) is 42.9 Å². The number of hydrogen-bond donors (Lipinski definition) is 0. The molecule has 30 heavy (non-hydrogen) atoms. The molecule has 0 spiro atoms. The summed E-state index contributed by atoms with van der Waals surface area (Å²) in [7, 11) is 1.69. The van der Waals surface area contributed by atoms with Gasteiger partial charge in [-0.15, -0.1) is 0 Å². The standard InChI is InChI=1S/C25H33NO4/c1-25(2,3)30-24(27)26-16-8-12-22(18-26)29-23-13-6-5-10-20(23)15-14-19-9-7-11-21(17-19)28-4/h5-7,9-11,13,17,22H,8,12,14-16,18H2,1-4H3. The van der Waals surface area contributed by atoms with E-state index in [1.165, 1.54) is 11.1 Å². The summed E-state index contributed by atoms with van der Waals surface area (Å²) in [6.45, 7) is 6.94. The minimum absolute atomic E-state index is 0.0239. The third kappa shape index (κ3) is 6.41. The second-order valence-corrected chi connectivity index (χ2v) is 8.77. The highest BCUT2D eigenvalue weighted by molar-refractivity contribution is 5.68. The summed E-state index contributed by atoms with van der Waals surface area (Å²) in [5, 5.41) is 0. The molecule has 1 unspecified atom stereocenters. The quantitative estimate of drug-likeness (QED) is 0.651. The van der Waals surface area contributed by atoms with Gasteiger partial charge in [0.1, 0.15) is 23.2 Å². The molecule has 5 nitrogen and oxygen atoms in total. The van der Waals surface area contributed by atoms with E-state index in [1.54, 1.807) is 12.0 Å². The summed E-state index contributed by atoms with van der Waals surface area (Å²) in [6, 6.07) is 16.3. The molecule has 2 aromatic carbocycles. The summed E-state index contributed by atoms with van der Waals surface area (Å²) >= 11 is 0. The summed E-state index contributed by atoms with van der Waals surface area (Å²) in [5.41, 5.74) is 1.92. The van der Waals surface area contributed by atoms with E-state index in [-0.39, 0.29) is 12.2 Å². The van der Waals surface area contributed by atoms with Crippen LogP contribution in [-0.2, 0) is 17.6 Å². The maximum absolute atomic E-state index is 12.4. The Morgan fingerprint density at radius 1 is 1.10 bits per heavy atom. The topological polar surface area (TPSA) is 48.0 Å². The Morgan fingerprint density at radius 3 is 2.67 bits per heavy atom. The number of methoxy groups -OCH3 is 1. The molecular formula is C25H33NO4. The number of benzene rings is 2. The zero-order valence-corrected chi connectivity index (χ0v) is 18.5. The Bertz CT molecular complexity index is 843. The lowest BCUT2D eigenvalue weighted by Gasteiger charge is -2.34. The normalized spacial score (nSPS) is 16.8.